The lowest BCUT2D eigenvalue weighted by Crippen LogP contribution is -2.48. The fourth-order valence-electron chi connectivity index (χ4n) is 0.910. The zero-order chi connectivity index (χ0) is 14.1. The first-order valence-electron chi connectivity index (χ1n) is 4.60. The lowest BCUT2D eigenvalue weighted by molar-refractivity contribution is -0.227. The van der Waals surface area contributed by atoms with E-state index < -0.39 is 24.0 Å². The van der Waals surface area contributed by atoms with Crippen molar-refractivity contribution in [2.75, 3.05) is 0 Å². The molecule has 0 saturated carbocycles. The molecule has 1 unspecified atom stereocenters. The normalized spacial score (nSPS) is 17.1. The maximum Gasteiger partial charge on any atom is 0.491 e. The SMILES string of the molecule is Cc1nnc([C@@](C)(N)C(O)OC(=O)C(F)(F)F)s1. The second-order valence-corrected chi connectivity index (χ2v) is 4.85. The molecule has 0 radical (unpaired) electrons. The Morgan fingerprint density at radius 2 is 2.06 bits per heavy atom. The van der Waals surface area contributed by atoms with Crippen molar-refractivity contribution in [3.05, 3.63) is 10.0 Å². The van der Waals surface area contributed by atoms with E-state index in [0.29, 0.717) is 5.01 Å². The van der Waals surface area contributed by atoms with Gasteiger partial charge in [0.15, 0.2) is 0 Å². The van der Waals surface area contributed by atoms with Crippen LogP contribution in [0.2, 0.25) is 0 Å². The highest BCUT2D eigenvalue weighted by Gasteiger charge is 2.46. The number of aliphatic hydroxyl groups is 1. The van der Waals surface area contributed by atoms with Crippen molar-refractivity contribution in [1.29, 1.82) is 0 Å². The van der Waals surface area contributed by atoms with E-state index >= 15 is 0 Å². The van der Waals surface area contributed by atoms with E-state index in [4.69, 9.17) is 5.73 Å². The molecule has 1 aromatic heterocycles. The van der Waals surface area contributed by atoms with E-state index in [1.165, 1.54) is 6.92 Å². The molecule has 1 rings (SSSR count). The summed E-state index contributed by atoms with van der Waals surface area (Å²) >= 11 is 0.978. The number of ether oxygens (including phenoxy) is 1. The zero-order valence-corrected chi connectivity index (χ0v) is 10.2. The zero-order valence-electron chi connectivity index (χ0n) is 9.35. The van der Waals surface area contributed by atoms with E-state index in [0.717, 1.165) is 11.3 Å². The average Bonchev–Trinajstić information content (AvgIpc) is 2.63. The van der Waals surface area contributed by atoms with Crippen LogP contribution < -0.4 is 5.73 Å². The Bertz CT molecular complexity index is 446. The largest absolute Gasteiger partial charge is 0.491 e. The number of hydrogen-bond acceptors (Lipinski definition) is 7. The van der Waals surface area contributed by atoms with Crippen LogP contribution in [0.15, 0.2) is 0 Å². The third-order valence-electron chi connectivity index (χ3n) is 1.95. The number of nitrogens with zero attached hydrogens (tertiary/aromatic N) is 2. The fraction of sp³-hybridized carbons (Fsp3) is 0.625. The van der Waals surface area contributed by atoms with Gasteiger partial charge in [-0.25, -0.2) is 4.79 Å². The third-order valence-corrected chi connectivity index (χ3v) is 3.04. The van der Waals surface area contributed by atoms with E-state index in [1.807, 2.05) is 0 Å². The van der Waals surface area contributed by atoms with Gasteiger partial charge in [0.2, 0.25) is 6.29 Å². The summed E-state index contributed by atoms with van der Waals surface area (Å²) < 4.78 is 39.7. The van der Waals surface area contributed by atoms with Gasteiger partial charge in [-0.15, -0.1) is 10.2 Å². The van der Waals surface area contributed by atoms with Gasteiger partial charge in [0.25, 0.3) is 0 Å². The van der Waals surface area contributed by atoms with Gasteiger partial charge in [-0.1, -0.05) is 11.3 Å². The number of alkyl halides is 3. The van der Waals surface area contributed by atoms with E-state index in [1.54, 1.807) is 6.92 Å². The second-order valence-electron chi connectivity index (χ2n) is 3.66. The van der Waals surface area contributed by atoms with Crippen molar-refractivity contribution in [2.45, 2.75) is 31.9 Å². The molecule has 3 N–H and O–H groups in total. The van der Waals surface area contributed by atoms with Crippen molar-refractivity contribution in [2.24, 2.45) is 5.73 Å². The number of rotatable bonds is 3. The first-order chi connectivity index (χ1) is 8.05. The van der Waals surface area contributed by atoms with Crippen molar-refractivity contribution in [1.82, 2.24) is 10.2 Å². The summed E-state index contributed by atoms with van der Waals surface area (Å²) in [4.78, 5) is 10.6. The number of aromatic nitrogens is 2. The summed E-state index contributed by atoms with van der Waals surface area (Å²) in [5, 5.41) is 17.2. The van der Waals surface area contributed by atoms with Crippen LogP contribution in [0.5, 0.6) is 0 Å². The Hall–Kier alpha value is -1.26. The minimum absolute atomic E-state index is 0.0578. The number of halogens is 3. The number of carbonyl (C=O) groups is 1. The second kappa shape index (κ2) is 4.78. The molecule has 6 nitrogen and oxygen atoms in total. The molecule has 0 aliphatic heterocycles. The standard InChI is InChI=1S/C8H10F3N3O3S/c1-3-13-14-4(18-3)7(2,12)5(15)17-6(16)8(9,10)11/h5,15H,12H2,1-2H3/t5?,7-/m1/s1. The molecular formula is C8H10F3N3O3S. The molecule has 0 saturated heterocycles. The highest BCUT2D eigenvalue weighted by atomic mass is 32.1. The number of carbonyl (C=O) groups excluding carboxylic acids is 1. The molecule has 0 aromatic carbocycles. The van der Waals surface area contributed by atoms with Gasteiger partial charge in [0.05, 0.1) is 0 Å². The quantitative estimate of drug-likeness (QED) is 0.618. The topological polar surface area (TPSA) is 98.3 Å². The molecule has 0 amide bonds. The molecule has 2 atom stereocenters. The molecular weight excluding hydrogens is 275 g/mol. The van der Waals surface area contributed by atoms with Crippen LogP contribution in [-0.4, -0.2) is 33.7 Å². The Kier molecular flexibility index (Phi) is 3.93. The highest BCUT2D eigenvalue weighted by molar-refractivity contribution is 7.11. The van der Waals surface area contributed by atoms with Gasteiger partial charge >= 0.3 is 12.1 Å². The molecule has 1 heterocycles. The lowest BCUT2D eigenvalue weighted by Gasteiger charge is -2.27. The van der Waals surface area contributed by atoms with Crippen molar-refractivity contribution in [3.63, 3.8) is 0 Å². The van der Waals surface area contributed by atoms with E-state index in [9.17, 15) is 23.1 Å². The van der Waals surface area contributed by atoms with Crippen LogP contribution in [-0.2, 0) is 15.1 Å². The lowest BCUT2D eigenvalue weighted by atomic mass is 10.1. The van der Waals surface area contributed by atoms with Crippen LogP contribution in [0.1, 0.15) is 16.9 Å². The van der Waals surface area contributed by atoms with E-state index in [2.05, 4.69) is 14.9 Å². The van der Waals surface area contributed by atoms with Crippen LogP contribution in [0.3, 0.4) is 0 Å². The minimum Gasteiger partial charge on any atom is -0.427 e. The summed E-state index contributed by atoms with van der Waals surface area (Å²) in [7, 11) is 0. The molecule has 0 aliphatic rings. The van der Waals surface area contributed by atoms with Crippen LogP contribution in [0.25, 0.3) is 0 Å². The van der Waals surface area contributed by atoms with Gasteiger partial charge in [0.1, 0.15) is 15.6 Å². The van der Waals surface area contributed by atoms with Crippen LogP contribution in [0, 0.1) is 6.92 Å². The van der Waals surface area contributed by atoms with Crippen LogP contribution >= 0.6 is 11.3 Å². The molecule has 18 heavy (non-hydrogen) atoms. The molecule has 0 aliphatic carbocycles. The number of nitrogens with two attached hydrogens (primary N) is 1. The summed E-state index contributed by atoms with van der Waals surface area (Å²) in [5.74, 6) is -2.52. The summed E-state index contributed by atoms with van der Waals surface area (Å²) in [6, 6.07) is 0. The first-order valence-corrected chi connectivity index (χ1v) is 5.42. The first kappa shape index (κ1) is 14.8. The molecule has 0 fully saturated rings. The number of hydrogen-bond donors (Lipinski definition) is 2. The third kappa shape index (κ3) is 3.15. The highest BCUT2D eigenvalue weighted by Crippen LogP contribution is 2.27. The van der Waals surface area contributed by atoms with Crippen molar-refractivity contribution < 1.29 is 27.8 Å². The molecule has 1 aromatic rings. The van der Waals surface area contributed by atoms with Gasteiger partial charge in [-0.2, -0.15) is 13.2 Å². The van der Waals surface area contributed by atoms with Gasteiger partial charge < -0.3 is 15.6 Å². The van der Waals surface area contributed by atoms with Crippen molar-refractivity contribution >= 4 is 17.3 Å². The minimum atomic E-state index is -5.20. The number of aryl methyl sites for hydroxylation is 1. The fourth-order valence-corrected chi connectivity index (χ4v) is 1.67. The van der Waals surface area contributed by atoms with Crippen molar-refractivity contribution in [3.8, 4) is 0 Å². The van der Waals surface area contributed by atoms with Gasteiger partial charge in [0, 0.05) is 0 Å². The Labute approximate surface area is 104 Å². The summed E-state index contributed by atoms with van der Waals surface area (Å²) in [6.07, 6.45) is -7.38. The smallest absolute Gasteiger partial charge is 0.427 e. The van der Waals surface area contributed by atoms with Crippen LogP contribution in [0.4, 0.5) is 13.2 Å². The monoisotopic (exact) mass is 285 g/mol. The van der Waals surface area contributed by atoms with E-state index in [-0.39, 0.29) is 5.01 Å². The number of esters is 1. The number of aliphatic hydroxyl groups excluding tert-OH is 1. The maximum absolute atomic E-state index is 12.0. The van der Waals surface area contributed by atoms with Gasteiger partial charge in [-0.3, -0.25) is 0 Å². The summed E-state index contributed by atoms with van der Waals surface area (Å²) in [5.41, 5.74) is 3.83. The average molecular weight is 285 g/mol. The maximum atomic E-state index is 12.0. The molecule has 102 valence electrons. The molecule has 0 spiro atoms. The Balaban J connectivity index is 2.83. The predicted molar refractivity (Wildman–Crippen MR) is 54.3 cm³/mol. The molecule has 0 bridgehead atoms. The predicted octanol–water partition coefficient (Wildman–Crippen LogP) is 0.444. The summed E-state index contributed by atoms with van der Waals surface area (Å²) in [6.45, 7) is 2.78. The molecule has 10 heteroatoms. The Morgan fingerprint density at radius 3 is 2.44 bits per heavy atom. The Morgan fingerprint density at radius 1 is 1.50 bits per heavy atom. The van der Waals surface area contributed by atoms with Gasteiger partial charge in [-0.05, 0) is 13.8 Å².